The van der Waals surface area contributed by atoms with Gasteiger partial charge in [0.05, 0.1) is 18.4 Å². The van der Waals surface area contributed by atoms with Crippen LogP contribution in [0, 0.1) is 29.6 Å². The van der Waals surface area contributed by atoms with Gasteiger partial charge >= 0.3 is 0 Å². The van der Waals surface area contributed by atoms with Gasteiger partial charge in [-0.15, -0.1) is 0 Å². The van der Waals surface area contributed by atoms with Gasteiger partial charge in [-0.2, -0.15) is 0 Å². The van der Waals surface area contributed by atoms with E-state index in [0.717, 1.165) is 44.5 Å². The molecule has 29 heavy (non-hydrogen) atoms. The molecule has 2 aliphatic heterocycles. The van der Waals surface area contributed by atoms with Gasteiger partial charge in [0, 0.05) is 32.7 Å². The molecule has 7 nitrogen and oxygen atoms in total. The lowest BCUT2D eigenvalue weighted by atomic mass is 9.85. The van der Waals surface area contributed by atoms with E-state index >= 15 is 0 Å². The normalized spacial score (nSPS) is 34.2. The van der Waals surface area contributed by atoms with Crippen molar-refractivity contribution in [3.63, 3.8) is 0 Å². The molecule has 5 unspecified atom stereocenters. The van der Waals surface area contributed by atoms with Crippen LogP contribution in [0.15, 0.2) is 17.1 Å². The highest BCUT2D eigenvalue weighted by atomic mass is 16.2. The molecule has 0 radical (unpaired) electrons. The smallest absolute Gasteiger partial charge is 0.233 e. The molecule has 160 valence electrons. The van der Waals surface area contributed by atoms with Crippen LogP contribution in [-0.2, 0) is 9.59 Å². The number of guanidine groups is 1. The second-order valence-corrected chi connectivity index (χ2v) is 9.06. The fourth-order valence-corrected chi connectivity index (χ4v) is 5.61. The van der Waals surface area contributed by atoms with Gasteiger partial charge in [0.1, 0.15) is 0 Å². The summed E-state index contributed by atoms with van der Waals surface area (Å²) in [5.41, 5.74) is 0. The summed E-state index contributed by atoms with van der Waals surface area (Å²) in [6.07, 6.45) is 7.86. The van der Waals surface area contributed by atoms with Crippen molar-refractivity contribution in [2.75, 3.05) is 45.8 Å². The van der Waals surface area contributed by atoms with E-state index < -0.39 is 0 Å². The van der Waals surface area contributed by atoms with Crippen molar-refractivity contribution < 1.29 is 9.59 Å². The molecule has 2 aliphatic carbocycles. The largest absolute Gasteiger partial charge is 0.357 e. The van der Waals surface area contributed by atoms with Gasteiger partial charge in [-0.1, -0.05) is 19.1 Å². The van der Waals surface area contributed by atoms with E-state index in [1.54, 1.807) is 0 Å². The Kier molecular flexibility index (Phi) is 6.23. The molecular weight excluding hydrogens is 366 g/mol. The summed E-state index contributed by atoms with van der Waals surface area (Å²) in [7, 11) is 0. The molecule has 0 aromatic carbocycles. The number of allylic oxidation sites excluding steroid dienone is 2. The Hall–Kier alpha value is -1.89. The molecule has 1 saturated carbocycles. The van der Waals surface area contributed by atoms with Crippen molar-refractivity contribution in [1.82, 2.24) is 20.4 Å². The molecule has 4 rings (SSSR count). The van der Waals surface area contributed by atoms with Crippen molar-refractivity contribution in [3.05, 3.63) is 12.2 Å². The first-order chi connectivity index (χ1) is 14.1. The van der Waals surface area contributed by atoms with Crippen LogP contribution in [0.25, 0.3) is 0 Å². The fraction of sp³-hybridized carbons (Fsp3) is 0.773. The van der Waals surface area contributed by atoms with E-state index in [-0.39, 0.29) is 35.5 Å². The lowest BCUT2D eigenvalue weighted by Crippen LogP contribution is -2.44. The molecule has 5 atom stereocenters. The van der Waals surface area contributed by atoms with Gasteiger partial charge in [0.15, 0.2) is 5.96 Å². The maximum Gasteiger partial charge on any atom is 0.233 e. The molecule has 0 aromatic heterocycles. The molecule has 2 amide bonds. The van der Waals surface area contributed by atoms with Gasteiger partial charge in [-0.3, -0.25) is 19.5 Å². The summed E-state index contributed by atoms with van der Waals surface area (Å²) >= 11 is 0. The third-order valence-electron chi connectivity index (χ3n) is 6.96. The second-order valence-electron chi connectivity index (χ2n) is 9.06. The zero-order chi connectivity index (χ0) is 20.4. The molecule has 2 bridgehead atoms. The lowest BCUT2D eigenvalue weighted by Gasteiger charge is -2.30. The van der Waals surface area contributed by atoms with E-state index in [1.165, 1.54) is 24.3 Å². The number of aliphatic imine (C=N–C) groups is 1. The van der Waals surface area contributed by atoms with Crippen LogP contribution < -0.4 is 10.6 Å². The van der Waals surface area contributed by atoms with Crippen molar-refractivity contribution in [2.45, 2.75) is 33.1 Å². The number of likely N-dealkylation sites (tertiary alicyclic amines) is 2. The molecule has 4 aliphatic rings. The van der Waals surface area contributed by atoms with Crippen LogP contribution in [0.1, 0.15) is 33.1 Å². The zero-order valence-corrected chi connectivity index (χ0v) is 17.8. The summed E-state index contributed by atoms with van der Waals surface area (Å²) in [4.78, 5) is 34.2. The number of nitrogens with zero attached hydrogens (tertiary/aromatic N) is 3. The maximum atomic E-state index is 12.8. The predicted molar refractivity (Wildman–Crippen MR) is 113 cm³/mol. The van der Waals surface area contributed by atoms with Crippen LogP contribution in [0.2, 0.25) is 0 Å². The first-order valence-corrected chi connectivity index (χ1v) is 11.4. The molecular formula is C22H35N5O2. The van der Waals surface area contributed by atoms with Gasteiger partial charge in [0.2, 0.25) is 11.8 Å². The number of hydrogen-bond donors (Lipinski definition) is 2. The zero-order valence-electron chi connectivity index (χ0n) is 17.8. The molecule has 2 N–H and O–H groups in total. The second kappa shape index (κ2) is 8.86. The number of piperidine rings is 1. The predicted octanol–water partition coefficient (Wildman–Crippen LogP) is 1.08. The SMILES string of the molecule is CCNC(=NCCN1CCCC(C)C1)NCCN1C(=O)C2C3C=CC(C3)C2C1=O. The van der Waals surface area contributed by atoms with Crippen LogP contribution in [0.3, 0.4) is 0 Å². The molecule has 0 aromatic rings. The number of imide groups is 1. The highest BCUT2D eigenvalue weighted by Gasteiger charge is 2.58. The van der Waals surface area contributed by atoms with Gasteiger partial charge in [-0.05, 0) is 50.5 Å². The number of hydrogen-bond acceptors (Lipinski definition) is 4. The standard InChI is InChI=1S/C22H35N5O2/c1-3-23-22(24-8-11-26-10-4-5-15(2)14-26)25-9-12-27-20(28)18-16-6-7-17(13-16)19(18)21(27)29/h6-7,15-19H,3-5,8-14H2,1-2H3,(H2,23,24,25). The summed E-state index contributed by atoms with van der Waals surface area (Å²) < 4.78 is 0. The summed E-state index contributed by atoms with van der Waals surface area (Å²) in [5.74, 6) is 1.93. The summed E-state index contributed by atoms with van der Waals surface area (Å²) in [5, 5.41) is 6.56. The average molecular weight is 402 g/mol. The number of carbonyl (C=O) groups excluding carboxylic acids is 2. The highest BCUT2D eigenvalue weighted by Crippen LogP contribution is 2.52. The fourth-order valence-electron chi connectivity index (χ4n) is 5.61. The van der Waals surface area contributed by atoms with Crippen LogP contribution >= 0.6 is 0 Å². The number of nitrogens with one attached hydrogen (secondary N) is 2. The minimum atomic E-state index is -0.105. The van der Waals surface area contributed by atoms with Crippen molar-refractivity contribution >= 4 is 17.8 Å². The number of rotatable bonds is 7. The van der Waals surface area contributed by atoms with E-state index in [1.807, 2.05) is 6.92 Å². The van der Waals surface area contributed by atoms with E-state index in [9.17, 15) is 9.59 Å². The van der Waals surface area contributed by atoms with Crippen molar-refractivity contribution in [1.29, 1.82) is 0 Å². The average Bonchev–Trinajstić information content (AvgIpc) is 3.37. The first-order valence-electron chi connectivity index (χ1n) is 11.4. The number of fused-ring (bicyclic) bond motifs is 5. The Balaban J connectivity index is 1.24. The van der Waals surface area contributed by atoms with Gasteiger partial charge in [0.25, 0.3) is 0 Å². The van der Waals surface area contributed by atoms with Crippen LogP contribution in [0.4, 0.5) is 0 Å². The molecule has 3 fully saturated rings. The number of amides is 2. The van der Waals surface area contributed by atoms with E-state index in [4.69, 9.17) is 0 Å². The monoisotopic (exact) mass is 401 g/mol. The quantitative estimate of drug-likeness (QED) is 0.289. The van der Waals surface area contributed by atoms with Gasteiger partial charge in [-0.25, -0.2) is 0 Å². The lowest BCUT2D eigenvalue weighted by molar-refractivity contribution is -0.140. The maximum absolute atomic E-state index is 12.8. The molecule has 7 heteroatoms. The highest BCUT2D eigenvalue weighted by molar-refractivity contribution is 6.06. The topological polar surface area (TPSA) is 77.0 Å². The van der Waals surface area contributed by atoms with E-state index in [2.05, 4.69) is 39.6 Å². The third kappa shape index (κ3) is 4.20. The summed E-state index contributed by atoms with van der Waals surface area (Å²) in [6.45, 7) is 10.2. The van der Waals surface area contributed by atoms with Gasteiger partial charge < -0.3 is 15.5 Å². The molecule has 0 spiro atoms. The molecule has 2 heterocycles. The third-order valence-corrected chi connectivity index (χ3v) is 6.96. The molecule has 2 saturated heterocycles. The van der Waals surface area contributed by atoms with Crippen LogP contribution in [-0.4, -0.2) is 73.4 Å². The first kappa shape index (κ1) is 20.4. The Morgan fingerprint density at radius 3 is 2.52 bits per heavy atom. The van der Waals surface area contributed by atoms with Crippen molar-refractivity contribution in [3.8, 4) is 0 Å². The Morgan fingerprint density at radius 2 is 1.86 bits per heavy atom. The van der Waals surface area contributed by atoms with E-state index in [0.29, 0.717) is 13.1 Å². The van der Waals surface area contributed by atoms with Crippen LogP contribution in [0.5, 0.6) is 0 Å². The summed E-state index contributed by atoms with van der Waals surface area (Å²) in [6, 6.07) is 0. The minimum absolute atomic E-state index is 0.0276. The Labute approximate surface area is 174 Å². The Morgan fingerprint density at radius 1 is 1.14 bits per heavy atom. The Bertz CT molecular complexity index is 661. The number of carbonyl (C=O) groups is 2. The minimum Gasteiger partial charge on any atom is -0.357 e. The van der Waals surface area contributed by atoms with Crippen molar-refractivity contribution in [2.24, 2.45) is 34.6 Å².